The Labute approximate surface area is 185 Å². The van der Waals surface area contributed by atoms with Gasteiger partial charge in [-0.3, -0.25) is 4.79 Å². The number of nitriles is 1. The lowest BCUT2D eigenvalue weighted by Crippen LogP contribution is -2.41. The van der Waals surface area contributed by atoms with Crippen LogP contribution >= 0.6 is 0 Å². The molecule has 1 aliphatic rings. The number of carbonyl (C=O) groups excluding carboxylic acids is 1. The van der Waals surface area contributed by atoms with E-state index in [1.54, 1.807) is 18.2 Å². The van der Waals surface area contributed by atoms with Crippen LogP contribution in [0.1, 0.15) is 24.0 Å². The van der Waals surface area contributed by atoms with E-state index in [1.807, 2.05) is 13.0 Å². The first kappa shape index (κ1) is 21.7. The molecule has 0 radical (unpaired) electrons. The zero-order valence-electron chi connectivity index (χ0n) is 17.4. The van der Waals surface area contributed by atoms with Crippen molar-refractivity contribution in [3.05, 3.63) is 70.1 Å². The molecule has 0 atom stereocenters. The molecule has 2 aromatic carbocycles. The van der Waals surface area contributed by atoms with Gasteiger partial charge in [-0.05, 0) is 61.7 Å². The van der Waals surface area contributed by atoms with Crippen LogP contribution in [0.2, 0.25) is 0 Å². The van der Waals surface area contributed by atoms with Crippen molar-refractivity contribution in [1.82, 2.24) is 4.31 Å². The first-order chi connectivity index (χ1) is 15.3. The van der Waals surface area contributed by atoms with Crippen molar-refractivity contribution in [3.8, 4) is 6.07 Å². The second kappa shape index (κ2) is 8.57. The number of nitrogens with zero attached hydrogens (tertiary/aromatic N) is 2. The number of hydrogen-bond acceptors (Lipinski definition) is 6. The molecular formula is C23H21N3O5S. The molecule has 4 rings (SSSR count). The summed E-state index contributed by atoms with van der Waals surface area (Å²) in [5.41, 5.74) is 1.65. The lowest BCUT2D eigenvalue weighted by molar-refractivity contribution is -0.120. The smallest absolute Gasteiger partial charge is 0.336 e. The van der Waals surface area contributed by atoms with Crippen molar-refractivity contribution in [2.24, 2.45) is 5.92 Å². The van der Waals surface area contributed by atoms with Gasteiger partial charge in [-0.25, -0.2) is 13.2 Å². The molecule has 8 nitrogen and oxygen atoms in total. The van der Waals surface area contributed by atoms with Gasteiger partial charge in [0.15, 0.2) is 0 Å². The number of aryl methyl sites for hydroxylation is 1. The van der Waals surface area contributed by atoms with Crippen LogP contribution < -0.4 is 10.9 Å². The van der Waals surface area contributed by atoms with Crippen molar-refractivity contribution in [2.45, 2.75) is 24.7 Å². The second-order valence-corrected chi connectivity index (χ2v) is 9.70. The van der Waals surface area contributed by atoms with Crippen molar-refractivity contribution >= 4 is 32.6 Å². The van der Waals surface area contributed by atoms with Crippen LogP contribution in [0.4, 0.5) is 5.69 Å². The fourth-order valence-electron chi connectivity index (χ4n) is 3.86. The largest absolute Gasteiger partial charge is 0.423 e. The van der Waals surface area contributed by atoms with Crippen molar-refractivity contribution in [1.29, 1.82) is 5.26 Å². The number of anilines is 1. The van der Waals surface area contributed by atoms with Crippen LogP contribution in [0.5, 0.6) is 0 Å². The minimum atomic E-state index is -3.68. The van der Waals surface area contributed by atoms with Gasteiger partial charge < -0.3 is 9.73 Å². The molecule has 0 spiro atoms. The Morgan fingerprint density at radius 1 is 1.12 bits per heavy atom. The summed E-state index contributed by atoms with van der Waals surface area (Å²) >= 11 is 0. The molecule has 2 heterocycles. The molecule has 3 aromatic rings. The van der Waals surface area contributed by atoms with Crippen LogP contribution in [-0.4, -0.2) is 31.7 Å². The number of carbonyl (C=O) groups is 1. The predicted molar refractivity (Wildman–Crippen MR) is 118 cm³/mol. The van der Waals surface area contributed by atoms with Crippen LogP contribution in [-0.2, 0) is 14.8 Å². The van der Waals surface area contributed by atoms with Crippen LogP contribution in [0.3, 0.4) is 0 Å². The molecule has 1 aliphatic heterocycles. The maximum absolute atomic E-state index is 12.8. The molecule has 0 aliphatic carbocycles. The quantitative estimate of drug-likeness (QED) is 0.609. The Morgan fingerprint density at radius 2 is 1.81 bits per heavy atom. The third-order valence-corrected chi connectivity index (χ3v) is 7.58. The first-order valence-corrected chi connectivity index (χ1v) is 11.6. The van der Waals surface area contributed by atoms with E-state index in [0.29, 0.717) is 29.7 Å². The number of sulfonamides is 1. The Morgan fingerprint density at radius 3 is 2.47 bits per heavy atom. The van der Waals surface area contributed by atoms with Gasteiger partial charge in [0.05, 0.1) is 16.5 Å². The summed E-state index contributed by atoms with van der Waals surface area (Å²) in [5, 5.41) is 12.5. The Balaban J connectivity index is 1.42. The molecular weight excluding hydrogens is 430 g/mol. The average Bonchev–Trinajstić information content (AvgIpc) is 2.78. The molecule has 164 valence electrons. The summed E-state index contributed by atoms with van der Waals surface area (Å²) in [5.74, 6) is -0.530. The van der Waals surface area contributed by atoms with Crippen molar-refractivity contribution < 1.29 is 17.6 Å². The highest BCUT2D eigenvalue weighted by Gasteiger charge is 2.32. The van der Waals surface area contributed by atoms with Crippen LogP contribution in [0.25, 0.3) is 11.0 Å². The predicted octanol–water partition coefficient (Wildman–Crippen LogP) is 3.01. The SMILES string of the molecule is Cc1cc(=O)oc2cc(NC(=O)C3CCN(S(=O)(=O)c4ccc(C#N)cc4)CC3)ccc12. The number of fused-ring (bicyclic) bond motifs is 1. The van der Waals surface area contributed by atoms with Gasteiger partial charge in [0, 0.05) is 42.2 Å². The monoisotopic (exact) mass is 451 g/mol. The van der Waals surface area contributed by atoms with E-state index in [9.17, 15) is 18.0 Å². The minimum Gasteiger partial charge on any atom is -0.423 e. The summed E-state index contributed by atoms with van der Waals surface area (Å²) in [4.78, 5) is 24.5. The highest BCUT2D eigenvalue weighted by atomic mass is 32.2. The Kier molecular flexibility index (Phi) is 5.82. The number of amides is 1. The lowest BCUT2D eigenvalue weighted by Gasteiger charge is -2.30. The Bertz CT molecular complexity index is 1380. The van der Waals surface area contributed by atoms with Gasteiger partial charge in [-0.2, -0.15) is 9.57 Å². The minimum absolute atomic E-state index is 0.132. The second-order valence-electron chi connectivity index (χ2n) is 7.76. The summed E-state index contributed by atoms with van der Waals surface area (Å²) < 4.78 is 32.3. The van der Waals surface area contributed by atoms with E-state index < -0.39 is 15.6 Å². The lowest BCUT2D eigenvalue weighted by atomic mass is 9.97. The summed E-state index contributed by atoms with van der Waals surface area (Å²) in [6.07, 6.45) is 0.784. The van der Waals surface area contributed by atoms with Gasteiger partial charge in [-0.1, -0.05) is 0 Å². The highest BCUT2D eigenvalue weighted by Crippen LogP contribution is 2.26. The molecule has 32 heavy (non-hydrogen) atoms. The Hall–Kier alpha value is -3.48. The van der Waals surface area contributed by atoms with E-state index in [0.717, 1.165) is 10.9 Å². The highest BCUT2D eigenvalue weighted by molar-refractivity contribution is 7.89. The van der Waals surface area contributed by atoms with Gasteiger partial charge in [0.2, 0.25) is 15.9 Å². The molecule has 0 bridgehead atoms. The molecule has 1 fully saturated rings. The molecule has 1 aromatic heterocycles. The van der Waals surface area contributed by atoms with Crippen molar-refractivity contribution in [3.63, 3.8) is 0 Å². The molecule has 0 unspecified atom stereocenters. The van der Waals surface area contributed by atoms with E-state index in [1.165, 1.54) is 34.6 Å². The fraction of sp³-hybridized carbons (Fsp3) is 0.261. The third kappa shape index (κ3) is 4.28. The van der Waals surface area contributed by atoms with Gasteiger partial charge >= 0.3 is 5.63 Å². The zero-order chi connectivity index (χ0) is 22.9. The summed E-state index contributed by atoms with van der Waals surface area (Å²) in [6, 6.07) is 14.3. The van der Waals surface area contributed by atoms with Crippen LogP contribution in [0, 0.1) is 24.2 Å². The number of nitrogens with one attached hydrogen (secondary N) is 1. The maximum atomic E-state index is 12.8. The topological polar surface area (TPSA) is 120 Å². The summed E-state index contributed by atoms with van der Waals surface area (Å²) in [6.45, 7) is 2.27. The van der Waals surface area contributed by atoms with E-state index in [4.69, 9.17) is 9.68 Å². The van der Waals surface area contributed by atoms with E-state index in [2.05, 4.69) is 5.32 Å². The van der Waals surface area contributed by atoms with Crippen LogP contribution in [0.15, 0.2) is 62.6 Å². The van der Waals surface area contributed by atoms with Gasteiger partial charge in [-0.15, -0.1) is 0 Å². The standard InChI is InChI=1S/C23H21N3O5S/c1-15-12-22(27)31-21-13-18(4-7-20(15)21)25-23(28)17-8-10-26(11-9-17)32(29,30)19-5-2-16(14-24)3-6-19/h2-7,12-13,17H,8-11H2,1H3,(H,25,28). The number of piperidine rings is 1. The number of benzene rings is 2. The fourth-order valence-corrected chi connectivity index (χ4v) is 5.33. The van der Waals surface area contributed by atoms with Gasteiger partial charge in [0.25, 0.3) is 0 Å². The molecule has 1 saturated heterocycles. The molecule has 9 heteroatoms. The molecule has 1 N–H and O–H groups in total. The molecule has 1 amide bonds. The average molecular weight is 452 g/mol. The number of hydrogen-bond donors (Lipinski definition) is 1. The molecule has 0 saturated carbocycles. The van der Waals surface area contributed by atoms with E-state index >= 15 is 0 Å². The zero-order valence-corrected chi connectivity index (χ0v) is 18.2. The van der Waals surface area contributed by atoms with E-state index in [-0.39, 0.29) is 29.8 Å². The summed E-state index contributed by atoms with van der Waals surface area (Å²) in [7, 11) is -3.68. The van der Waals surface area contributed by atoms with Gasteiger partial charge in [0.1, 0.15) is 5.58 Å². The third-order valence-electron chi connectivity index (χ3n) is 5.66. The first-order valence-electron chi connectivity index (χ1n) is 10.1. The normalized spacial score (nSPS) is 15.4. The van der Waals surface area contributed by atoms with Crippen molar-refractivity contribution in [2.75, 3.05) is 18.4 Å². The maximum Gasteiger partial charge on any atom is 0.336 e. The number of rotatable bonds is 4.